The van der Waals surface area contributed by atoms with Gasteiger partial charge in [-0.05, 0) is 38.1 Å². The number of amides is 1. The fourth-order valence-electron chi connectivity index (χ4n) is 1.63. The highest BCUT2D eigenvalue weighted by Crippen LogP contribution is 2.12. The van der Waals surface area contributed by atoms with Gasteiger partial charge in [-0.25, -0.2) is 0 Å². The van der Waals surface area contributed by atoms with E-state index in [1.54, 1.807) is 0 Å². The lowest BCUT2D eigenvalue weighted by atomic mass is 10.2. The summed E-state index contributed by atoms with van der Waals surface area (Å²) >= 11 is 0. The van der Waals surface area contributed by atoms with Crippen molar-refractivity contribution in [2.75, 3.05) is 5.32 Å². The molecule has 0 radical (unpaired) electrons. The van der Waals surface area contributed by atoms with Crippen LogP contribution in [0.25, 0.3) is 0 Å². The van der Waals surface area contributed by atoms with E-state index >= 15 is 0 Å². The van der Waals surface area contributed by atoms with E-state index in [4.69, 9.17) is 0 Å². The predicted molar refractivity (Wildman–Crippen MR) is 69.0 cm³/mol. The Morgan fingerprint density at radius 3 is 2.35 bits per heavy atom. The van der Waals surface area contributed by atoms with Crippen molar-refractivity contribution < 1.29 is 4.79 Å². The normalized spacial score (nSPS) is 12.1. The maximum Gasteiger partial charge on any atom is 0.247 e. The van der Waals surface area contributed by atoms with Gasteiger partial charge in [-0.15, -0.1) is 0 Å². The molecule has 0 aliphatic rings. The molecule has 2 aromatic rings. The van der Waals surface area contributed by atoms with Gasteiger partial charge in [-0.1, -0.05) is 17.7 Å². The van der Waals surface area contributed by atoms with Crippen molar-refractivity contribution in [2.24, 2.45) is 0 Å². The second kappa shape index (κ2) is 4.87. The lowest BCUT2D eigenvalue weighted by Crippen LogP contribution is -2.22. The molecular formula is C14H16N2O. The molecule has 3 heteroatoms. The Bertz CT molecular complexity index is 485. The third kappa shape index (κ3) is 2.75. The van der Waals surface area contributed by atoms with Crippen molar-refractivity contribution in [3.05, 3.63) is 54.4 Å². The van der Waals surface area contributed by atoms with Gasteiger partial charge in [0.25, 0.3) is 0 Å². The molecule has 0 aliphatic carbocycles. The van der Waals surface area contributed by atoms with E-state index in [9.17, 15) is 4.79 Å². The van der Waals surface area contributed by atoms with Gasteiger partial charge in [0.2, 0.25) is 5.91 Å². The van der Waals surface area contributed by atoms with Crippen molar-refractivity contribution in [1.82, 2.24) is 4.57 Å². The molecule has 1 heterocycles. The summed E-state index contributed by atoms with van der Waals surface area (Å²) in [5.41, 5.74) is 2.01. The van der Waals surface area contributed by atoms with Crippen LogP contribution in [0.2, 0.25) is 0 Å². The number of nitrogens with one attached hydrogen (secondary N) is 1. The van der Waals surface area contributed by atoms with Crippen molar-refractivity contribution in [1.29, 1.82) is 0 Å². The summed E-state index contributed by atoms with van der Waals surface area (Å²) in [6.07, 6.45) is 3.78. The minimum Gasteiger partial charge on any atom is -0.342 e. The number of anilines is 1. The minimum absolute atomic E-state index is 0.00921. The van der Waals surface area contributed by atoms with Crippen LogP contribution in [-0.4, -0.2) is 10.5 Å². The third-order valence-corrected chi connectivity index (χ3v) is 2.77. The van der Waals surface area contributed by atoms with Gasteiger partial charge in [0.1, 0.15) is 6.04 Å². The van der Waals surface area contributed by atoms with E-state index in [0.717, 1.165) is 5.69 Å². The summed E-state index contributed by atoms with van der Waals surface area (Å²) in [5, 5.41) is 2.90. The van der Waals surface area contributed by atoms with Crippen LogP contribution < -0.4 is 5.32 Å². The first-order valence-electron chi connectivity index (χ1n) is 5.67. The third-order valence-electron chi connectivity index (χ3n) is 2.77. The van der Waals surface area contributed by atoms with E-state index < -0.39 is 0 Å². The minimum atomic E-state index is -0.202. The zero-order valence-corrected chi connectivity index (χ0v) is 10.1. The maximum atomic E-state index is 12.0. The molecule has 1 amide bonds. The summed E-state index contributed by atoms with van der Waals surface area (Å²) in [6.45, 7) is 3.90. The lowest BCUT2D eigenvalue weighted by Gasteiger charge is -2.13. The number of aromatic nitrogens is 1. The van der Waals surface area contributed by atoms with Gasteiger partial charge in [0.15, 0.2) is 0 Å². The molecule has 0 spiro atoms. The quantitative estimate of drug-likeness (QED) is 0.861. The molecule has 1 aromatic carbocycles. The van der Waals surface area contributed by atoms with E-state index in [-0.39, 0.29) is 11.9 Å². The highest BCUT2D eigenvalue weighted by molar-refractivity contribution is 5.93. The van der Waals surface area contributed by atoms with E-state index in [1.807, 2.05) is 67.2 Å². The Hall–Kier alpha value is -2.03. The summed E-state index contributed by atoms with van der Waals surface area (Å²) in [7, 11) is 0. The van der Waals surface area contributed by atoms with Crippen LogP contribution in [0, 0.1) is 6.92 Å². The number of hydrogen-bond acceptors (Lipinski definition) is 1. The summed E-state index contributed by atoms with van der Waals surface area (Å²) in [6, 6.07) is 11.4. The number of benzene rings is 1. The molecule has 0 saturated heterocycles. The van der Waals surface area contributed by atoms with E-state index in [0.29, 0.717) is 0 Å². The molecule has 0 fully saturated rings. The monoisotopic (exact) mass is 228 g/mol. The average molecular weight is 228 g/mol. The zero-order chi connectivity index (χ0) is 12.3. The van der Waals surface area contributed by atoms with Gasteiger partial charge in [-0.2, -0.15) is 0 Å². The second-order valence-electron chi connectivity index (χ2n) is 4.16. The fourth-order valence-corrected chi connectivity index (χ4v) is 1.63. The van der Waals surface area contributed by atoms with Crippen LogP contribution >= 0.6 is 0 Å². The van der Waals surface area contributed by atoms with Gasteiger partial charge in [0, 0.05) is 18.1 Å². The number of nitrogens with zero attached hydrogens (tertiary/aromatic N) is 1. The number of carbonyl (C=O) groups excluding carboxylic acids is 1. The molecule has 0 bridgehead atoms. The van der Waals surface area contributed by atoms with Crippen molar-refractivity contribution in [2.45, 2.75) is 19.9 Å². The Morgan fingerprint density at radius 2 is 1.76 bits per heavy atom. The number of hydrogen-bond donors (Lipinski definition) is 1. The van der Waals surface area contributed by atoms with Crippen LogP contribution in [0.15, 0.2) is 48.8 Å². The van der Waals surface area contributed by atoms with Crippen LogP contribution in [0.1, 0.15) is 18.5 Å². The molecule has 1 aromatic heterocycles. The molecular weight excluding hydrogens is 212 g/mol. The van der Waals surface area contributed by atoms with Crippen molar-refractivity contribution in [3.63, 3.8) is 0 Å². The topological polar surface area (TPSA) is 34.0 Å². The van der Waals surface area contributed by atoms with E-state index in [1.165, 1.54) is 5.56 Å². The molecule has 1 atom stereocenters. The zero-order valence-electron chi connectivity index (χ0n) is 10.1. The van der Waals surface area contributed by atoms with E-state index in [2.05, 4.69) is 5.32 Å². The Morgan fingerprint density at radius 1 is 1.18 bits per heavy atom. The predicted octanol–water partition coefficient (Wildman–Crippen LogP) is 3.00. The first-order chi connectivity index (χ1) is 8.16. The highest BCUT2D eigenvalue weighted by Gasteiger charge is 2.13. The Kier molecular flexibility index (Phi) is 3.28. The number of carbonyl (C=O) groups is 1. The second-order valence-corrected chi connectivity index (χ2v) is 4.16. The average Bonchev–Trinajstić information content (AvgIpc) is 2.84. The first kappa shape index (κ1) is 11.5. The summed E-state index contributed by atoms with van der Waals surface area (Å²) < 4.78 is 1.88. The lowest BCUT2D eigenvalue weighted by molar-refractivity contribution is -0.118. The molecule has 0 saturated carbocycles. The smallest absolute Gasteiger partial charge is 0.247 e. The largest absolute Gasteiger partial charge is 0.342 e. The molecule has 88 valence electrons. The van der Waals surface area contributed by atoms with Crippen LogP contribution in [0.3, 0.4) is 0 Å². The van der Waals surface area contributed by atoms with Gasteiger partial charge in [0.05, 0.1) is 0 Å². The van der Waals surface area contributed by atoms with Crippen LogP contribution in [-0.2, 0) is 4.79 Å². The first-order valence-corrected chi connectivity index (χ1v) is 5.67. The number of aryl methyl sites for hydroxylation is 1. The molecule has 0 aliphatic heterocycles. The highest BCUT2D eigenvalue weighted by atomic mass is 16.2. The molecule has 0 unspecified atom stereocenters. The number of rotatable bonds is 3. The molecule has 2 rings (SSSR count). The molecule has 1 N–H and O–H groups in total. The van der Waals surface area contributed by atoms with Crippen molar-refractivity contribution in [3.8, 4) is 0 Å². The Labute approximate surface area is 101 Å². The Balaban J connectivity index is 2.04. The molecule has 17 heavy (non-hydrogen) atoms. The van der Waals surface area contributed by atoms with Gasteiger partial charge in [-0.3, -0.25) is 4.79 Å². The van der Waals surface area contributed by atoms with Crippen LogP contribution in [0.5, 0.6) is 0 Å². The standard InChI is InChI=1S/C14H16N2O/c1-11-5-7-13(8-6-11)15-14(17)12(2)16-9-3-4-10-16/h3-10,12H,1-2H3,(H,15,17)/t12-/m0/s1. The SMILES string of the molecule is Cc1ccc(NC(=O)[C@H](C)n2cccc2)cc1. The summed E-state index contributed by atoms with van der Waals surface area (Å²) in [4.78, 5) is 12.0. The molecule has 3 nitrogen and oxygen atoms in total. The van der Waals surface area contributed by atoms with Crippen LogP contribution in [0.4, 0.5) is 5.69 Å². The summed E-state index contributed by atoms with van der Waals surface area (Å²) in [5.74, 6) is -0.00921. The van der Waals surface area contributed by atoms with Gasteiger partial charge < -0.3 is 9.88 Å². The van der Waals surface area contributed by atoms with Crippen molar-refractivity contribution >= 4 is 11.6 Å². The maximum absolute atomic E-state index is 12.0. The fraction of sp³-hybridized carbons (Fsp3) is 0.214. The van der Waals surface area contributed by atoms with Gasteiger partial charge >= 0.3 is 0 Å².